The molecule has 0 saturated heterocycles. The molecule has 0 bridgehead atoms. The van der Waals surface area contributed by atoms with Crippen molar-refractivity contribution < 1.29 is 4.79 Å². The Labute approximate surface area is 136 Å². The van der Waals surface area contributed by atoms with Gasteiger partial charge in [0.25, 0.3) is 0 Å². The highest BCUT2D eigenvalue weighted by Crippen LogP contribution is 2.26. The maximum absolute atomic E-state index is 12.2. The minimum Gasteiger partial charge on any atom is -0.331 e. The van der Waals surface area contributed by atoms with E-state index in [0.29, 0.717) is 5.82 Å². The summed E-state index contributed by atoms with van der Waals surface area (Å²) in [6.07, 6.45) is 10.3. The van der Waals surface area contributed by atoms with Crippen LogP contribution < -0.4 is 10.6 Å². The van der Waals surface area contributed by atoms with E-state index in [0.717, 1.165) is 12.8 Å². The molecule has 23 heavy (non-hydrogen) atoms. The maximum Gasteiger partial charge on any atom is 0.320 e. The lowest BCUT2D eigenvalue weighted by atomic mass is 9.89. The van der Waals surface area contributed by atoms with E-state index < -0.39 is 0 Å². The molecule has 120 valence electrons. The van der Waals surface area contributed by atoms with Crippen LogP contribution in [0.25, 0.3) is 0 Å². The number of fused-ring (bicyclic) bond motifs is 1. The van der Waals surface area contributed by atoms with Crippen LogP contribution in [-0.4, -0.2) is 16.0 Å². The van der Waals surface area contributed by atoms with Gasteiger partial charge in [0.05, 0.1) is 12.2 Å². The summed E-state index contributed by atoms with van der Waals surface area (Å²) in [4.78, 5) is 20.1. The molecule has 3 rings (SSSR count). The number of benzene rings is 1. The first-order chi connectivity index (χ1) is 11.3. The Morgan fingerprint density at radius 1 is 1.22 bits per heavy atom. The molecule has 1 aliphatic rings. The van der Waals surface area contributed by atoms with Crippen molar-refractivity contribution in [1.82, 2.24) is 15.3 Å². The highest BCUT2D eigenvalue weighted by atomic mass is 16.2. The first kappa shape index (κ1) is 15.5. The third kappa shape index (κ3) is 3.86. The summed E-state index contributed by atoms with van der Waals surface area (Å²) in [5, 5.41) is 5.74. The number of nitrogens with zero attached hydrogens (tertiary/aromatic N) is 2. The highest BCUT2D eigenvalue weighted by Gasteiger charge is 2.16. The van der Waals surface area contributed by atoms with Crippen LogP contribution in [0, 0.1) is 0 Å². The topological polar surface area (TPSA) is 66.9 Å². The van der Waals surface area contributed by atoms with Gasteiger partial charge in [0.15, 0.2) is 5.82 Å². The third-order valence-electron chi connectivity index (χ3n) is 4.29. The van der Waals surface area contributed by atoms with Crippen LogP contribution in [0.2, 0.25) is 0 Å². The summed E-state index contributed by atoms with van der Waals surface area (Å²) in [6, 6.07) is 6.36. The van der Waals surface area contributed by atoms with E-state index in [4.69, 9.17) is 0 Å². The lowest BCUT2D eigenvalue weighted by Gasteiger charge is -2.21. The van der Waals surface area contributed by atoms with Gasteiger partial charge in [0.1, 0.15) is 0 Å². The van der Waals surface area contributed by atoms with Gasteiger partial charge in [-0.3, -0.25) is 10.3 Å². The molecule has 0 aliphatic heterocycles. The van der Waals surface area contributed by atoms with E-state index in [1.54, 1.807) is 12.4 Å². The second kappa shape index (κ2) is 7.22. The number of aryl methyl sites for hydroxylation is 2. The van der Waals surface area contributed by atoms with Crippen molar-refractivity contribution in [1.29, 1.82) is 0 Å². The summed E-state index contributed by atoms with van der Waals surface area (Å²) in [7, 11) is 0. The number of anilines is 1. The van der Waals surface area contributed by atoms with Crippen molar-refractivity contribution in [2.75, 3.05) is 5.32 Å². The lowest BCUT2D eigenvalue weighted by molar-refractivity contribution is 0.248. The minimum atomic E-state index is -0.255. The van der Waals surface area contributed by atoms with Crippen molar-refractivity contribution >= 4 is 11.8 Å². The van der Waals surface area contributed by atoms with E-state index in [1.807, 2.05) is 0 Å². The molecule has 0 saturated carbocycles. The maximum atomic E-state index is 12.2. The first-order valence-electron chi connectivity index (χ1n) is 8.21. The number of hydrogen-bond acceptors (Lipinski definition) is 3. The van der Waals surface area contributed by atoms with E-state index >= 15 is 0 Å². The van der Waals surface area contributed by atoms with Crippen LogP contribution in [0.3, 0.4) is 0 Å². The second-order valence-corrected chi connectivity index (χ2v) is 5.89. The molecule has 5 heteroatoms. The first-order valence-corrected chi connectivity index (χ1v) is 8.21. The van der Waals surface area contributed by atoms with Crippen molar-refractivity contribution in [3.8, 4) is 0 Å². The number of nitrogens with one attached hydrogen (secondary N) is 2. The summed E-state index contributed by atoms with van der Waals surface area (Å²) < 4.78 is 0. The van der Waals surface area contributed by atoms with Crippen molar-refractivity contribution in [3.63, 3.8) is 0 Å². The molecule has 0 fully saturated rings. The molecular weight excluding hydrogens is 288 g/mol. The van der Waals surface area contributed by atoms with Crippen LogP contribution in [0.4, 0.5) is 10.6 Å². The van der Waals surface area contributed by atoms with Crippen molar-refractivity contribution in [2.45, 2.75) is 45.1 Å². The number of carbonyl (C=O) groups excluding carboxylic acids is 1. The Hall–Kier alpha value is -2.43. The number of rotatable bonds is 4. The van der Waals surface area contributed by atoms with E-state index in [9.17, 15) is 4.79 Å². The normalized spacial score (nSPS) is 14.7. The van der Waals surface area contributed by atoms with Crippen LogP contribution in [0.5, 0.6) is 0 Å². The van der Waals surface area contributed by atoms with Crippen LogP contribution in [-0.2, 0) is 12.8 Å². The predicted octanol–water partition coefficient (Wildman–Crippen LogP) is 3.63. The quantitative estimate of drug-likeness (QED) is 0.906. The molecule has 1 unspecified atom stereocenters. The number of hydrogen-bond donors (Lipinski definition) is 2. The predicted molar refractivity (Wildman–Crippen MR) is 90.3 cm³/mol. The zero-order valence-corrected chi connectivity index (χ0v) is 13.4. The SMILES string of the molecule is CCC(NC(=O)Nc1cnccn1)c1ccc2c(c1)CCCC2. The number of aromatic nitrogens is 2. The van der Waals surface area contributed by atoms with Gasteiger partial charge in [0.2, 0.25) is 0 Å². The van der Waals surface area contributed by atoms with Gasteiger partial charge in [-0.2, -0.15) is 0 Å². The Balaban J connectivity index is 1.68. The number of amides is 2. The molecule has 0 radical (unpaired) electrons. The standard InChI is InChI=1S/C18H22N4O/c1-2-16(21-18(23)22-17-12-19-9-10-20-17)15-8-7-13-5-3-4-6-14(13)11-15/h7-12,16H,2-6H2,1H3,(H2,20,21,22,23). The van der Waals surface area contributed by atoms with Gasteiger partial charge < -0.3 is 5.32 Å². The molecule has 1 atom stereocenters. The zero-order chi connectivity index (χ0) is 16.1. The van der Waals surface area contributed by atoms with Gasteiger partial charge in [-0.25, -0.2) is 9.78 Å². The molecule has 1 aliphatic carbocycles. The third-order valence-corrected chi connectivity index (χ3v) is 4.29. The average molecular weight is 310 g/mol. The summed E-state index contributed by atoms with van der Waals surface area (Å²) in [6.45, 7) is 2.08. The molecule has 1 aromatic heterocycles. The van der Waals surface area contributed by atoms with E-state index in [1.165, 1.54) is 42.1 Å². The molecule has 2 N–H and O–H groups in total. The highest BCUT2D eigenvalue weighted by molar-refractivity contribution is 5.88. The van der Waals surface area contributed by atoms with Crippen LogP contribution in [0.15, 0.2) is 36.8 Å². The summed E-state index contributed by atoms with van der Waals surface area (Å²) in [5.74, 6) is 0.449. The largest absolute Gasteiger partial charge is 0.331 e. The minimum absolute atomic E-state index is 0.00102. The van der Waals surface area contributed by atoms with Gasteiger partial charge >= 0.3 is 6.03 Å². The Morgan fingerprint density at radius 3 is 2.78 bits per heavy atom. The molecule has 2 aromatic rings. The van der Waals surface area contributed by atoms with E-state index in [-0.39, 0.29) is 12.1 Å². The average Bonchev–Trinajstić information content (AvgIpc) is 2.60. The fraction of sp³-hybridized carbons (Fsp3) is 0.389. The van der Waals surface area contributed by atoms with Crippen LogP contribution >= 0.6 is 0 Å². The molecule has 0 spiro atoms. The molecule has 1 aromatic carbocycles. The fourth-order valence-electron chi connectivity index (χ4n) is 3.07. The number of carbonyl (C=O) groups is 1. The molecule has 2 amide bonds. The fourth-order valence-corrected chi connectivity index (χ4v) is 3.07. The Bertz CT molecular complexity index is 672. The molecule has 5 nitrogen and oxygen atoms in total. The van der Waals surface area contributed by atoms with Gasteiger partial charge in [-0.1, -0.05) is 25.1 Å². The monoisotopic (exact) mass is 310 g/mol. The van der Waals surface area contributed by atoms with Gasteiger partial charge in [-0.15, -0.1) is 0 Å². The zero-order valence-electron chi connectivity index (χ0n) is 13.4. The number of urea groups is 1. The van der Waals surface area contributed by atoms with Crippen LogP contribution in [0.1, 0.15) is 48.9 Å². The molecular formula is C18H22N4O. The summed E-state index contributed by atoms with van der Waals surface area (Å²) >= 11 is 0. The van der Waals surface area contributed by atoms with Crippen molar-refractivity contribution in [2.24, 2.45) is 0 Å². The van der Waals surface area contributed by atoms with E-state index in [2.05, 4.69) is 45.7 Å². The molecule has 1 heterocycles. The smallest absolute Gasteiger partial charge is 0.320 e. The van der Waals surface area contributed by atoms with Gasteiger partial charge in [0, 0.05) is 12.4 Å². The van der Waals surface area contributed by atoms with Crippen molar-refractivity contribution in [3.05, 3.63) is 53.5 Å². The Morgan fingerprint density at radius 2 is 2.04 bits per heavy atom. The summed E-state index contributed by atoms with van der Waals surface area (Å²) in [5.41, 5.74) is 4.06. The second-order valence-electron chi connectivity index (χ2n) is 5.89. The Kier molecular flexibility index (Phi) is 4.86. The lowest BCUT2D eigenvalue weighted by Crippen LogP contribution is -2.32. The van der Waals surface area contributed by atoms with Gasteiger partial charge in [-0.05, 0) is 48.8 Å².